The molecular weight excluding hydrogens is 410 g/mol. The molecule has 3 heteroatoms. The standard InChI is InChI=1S/C5H5.2BrH.Os/c1-2-4-5-3-1;;;/h1-3H,4H2;2*1H;/q;;;+2/p-2. The Labute approximate surface area is 80.9 Å². The number of hydrogen-bond donors (Lipinski definition) is 0. The maximum absolute atomic E-state index is 2.17. The average molecular weight is 415 g/mol. The van der Waals surface area contributed by atoms with Gasteiger partial charge in [-0.15, -0.1) is 0 Å². The van der Waals surface area contributed by atoms with E-state index < -0.39 is 0 Å². The third-order valence-electron chi connectivity index (χ3n) is 0.717. The quantitative estimate of drug-likeness (QED) is 0.374. The second-order valence-electron chi connectivity index (χ2n) is 1.23. The summed E-state index contributed by atoms with van der Waals surface area (Å²) in [5.74, 6) is 0. The van der Waals surface area contributed by atoms with E-state index in [0.717, 1.165) is 0 Å². The van der Waals surface area contributed by atoms with Gasteiger partial charge in [-0.05, 0) is 0 Å². The van der Waals surface area contributed by atoms with E-state index in [1.165, 1.54) is 10.5 Å². The molecule has 0 heterocycles. The minimum absolute atomic E-state index is 0. The molecule has 0 nitrogen and oxygen atoms in total. The van der Waals surface area contributed by atoms with Crippen molar-refractivity contribution in [2.45, 2.75) is 6.42 Å². The van der Waals surface area contributed by atoms with Gasteiger partial charge in [0, 0.05) is 0 Å². The molecule has 0 unspecified atom stereocenters. The van der Waals surface area contributed by atoms with Gasteiger partial charge in [-0.25, -0.2) is 0 Å². The molecule has 0 N–H and O–H groups in total. The Hall–Kier alpha value is 1.08. The van der Waals surface area contributed by atoms with Crippen LogP contribution in [0.4, 0.5) is 0 Å². The predicted octanol–water partition coefficient (Wildman–Crippen LogP) is -4.61. The molecule has 0 saturated heterocycles. The summed E-state index contributed by atoms with van der Waals surface area (Å²) in [6, 6.07) is 0. The summed E-state index contributed by atoms with van der Waals surface area (Å²) in [5, 5.41) is 0. The fraction of sp³-hybridized carbons (Fsp3) is 0.200. The van der Waals surface area contributed by atoms with E-state index in [0.29, 0.717) is 0 Å². The van der Waals surface area contributed by atoms with Crippen molar-refractivity contribution in [3.05, 3.63) is 22.4 Å². The van der Waals surface area contributed by atoms with Crippen molar-refractivity contribution in [1.29, 1.82) is 0 Å². The van der Waals surface area contributed by atoms with Gasteiger partial charge in [0.15, 0.2) is 0 Å². The number of halogens is 2. The summed E-state index contributed by atoms with van der Waals surface area (Å²) in [6.45, 7) is 0. The van der Waals surface area contributed by atoms with Crippen LogP contribution >= 0.6 is 0 Å². The fourth-order valence-corrected chi connectivity index (χ4v) is 0.960. The van der Waals surface area contributed by atoms with E-state index in [1.807, 2.05) is 18.6 Å². The summed E-state index contributed by atoms with van der Waals surface area (Å²) < 4.78 is 1.50. The molecule has 0 saturated carbocycles. The predicted molar refractivity (Wildman–Crippen MR) is 21.8 cm³/mol. The first-order chi connectivity index (χ1) is 2.89. The molecule has 47 valence electrons. The van der Waals surface area contributed by atoms with Crippen molar-refractivity contribution in [2.75, 3.05) is 0 Å². The van der Waals surface area contributed by atoms with Crippen LogP contribution in [0, 0.1) is 0 Å². The van der Waals surface area contributed by atoms with Gasteiger partial charge in [0.1, 0.15) is 0 Å². The van der Waals surface area contributed by atoms with Crippen LogP contribution in [0.2, 0.25) is 0 Å². The van der Waals surface area contributed by atoms with Gasteiger partial charge in [-0.1, -0.05) is 0 Å². The molecule has 0 amide bonds. The third kappa shape index (κ3) is 4.01. The molecule has 1 aliphatic rings. The van der Waals surface area contributed by atoms with Gasteiger partial charge in [-0.3, -0.25) is 0 Å². The molecule has 0 radical (unpaired) electrons. The van der Waals surface area contributed by atoms with E-state index in [-0.39, 0.29) is 34.0 Å². The van der Waals surface area contributed by atoms with Crippen LogP contribution in [-0.2, 0) is 18.6 Å². The monoisotopic (exact) mass is 415 g/mol. The van der Waals surface area contributed by atoms with E-state index in [2.05, 4.69) is 18.2 Å². The van der Waals surface area contributed by atoms with Gasteiger partial charge in [0.2, 0.25) is 0 Å². The SMILES string of the molecule is [Br-].[Br-].[Os+2][C]1=CC=CC1. The van der Waals surface area contributed by atoms with Crippen molar-refractivity contribution in [1.82, 2.24) is 0 Å². The fourth-order valence-electron chi connectivity index (χ4n) is 0.416. The Kier molecular flexibility index (Phi) is 9.16. The second kappa shape index (κ2) is 6.20. The molecule has 1 rings (SSSR count). The van der Waals surface area contributed by atoms with E-state index >= 15 is 0 Å². The zero-order valence-electron chi connectivity index (χ0n) is 4.05. The van der Waals surface area contributed by atoms with Crippen LogP contribution in [0.1, 0.15) is 6.42 Å². The van der Waals surface area contributed by atoms with Gasteiger partial charge < -0.3 is 34.0 Å². The first kappa shape index (κ1) is 11.8. The van der Waals surface area contributed by atoms with Crippen LogP contribution in [0.3, 0.4) is 0 Å². The van der Waals surface area contributed by atoms with Crippen molar-refractivity contribution >= 4 is 0 Å². The van der Waals surface area contributed by atoms with Gasteiger partial charge in [-0.2, -0.15) is 0 Å². The normalized spacial score (nSPS) is 13.8. The summed E-state index contributed by atoms with van der Waals surface area (Å²) in [4.78, 5) is 0. The Morgan fingerprint density at radius 3 is 2.12 bits per heavy atom. The Bertz CT molecular complexity index is 107. The summed E-state index contributed by atoms with van der Waals surface area (Å²) in [6.07, 6.45) is 7.60. The Morgan fingerprint density at radius 1 is 1.38 bits per heavy atom. The van der Waals surface area contributed by atoms with Crippen LogP contribution in [0.5, 0.6) is 0 Å². The first-order valence-corrected chi connectivity index (χ1v) is 3.16. The number of hydrogen-bond acceptors (Lipinski definition) is 0. The van der Waals surface area contributed by atoms with Crippen LogP contribution in [-0.4, -0.2) is 0 Å². The third-order valence-corrected chi connectivity index (χ3v) is 1.66. The molecule has 0 aromatic heterocycles. The van der Waals surface area contributed by atoms with Crippen molar-refractivity contribution in [2.24, 2.45) is 0 Å². The molecule has 0 atom stereocenters. The summed E-state index contributed by atoms with van der Waals surface area (Å²) in [5.41, 5.74) is 0. The molecule has 0 spiro atoms. The molecular formula is C5H5Br2Os. The van der Waals surface area contributed by atoms with Crippen LogP contribution in [0.15, 0.2) is 22.4 Å². The maximum atomic E-state index is 2.17. The molecule has 0 aromatic rings. The van der Waals surface area contributed by atoms with Crippen molar-refractivity contribution < 1.29 is 52.6 Å². The second-order valence-corrected chi connectivity index (χ2v) is 2.86. The minimum atomic E-state index is 0. The molecule has 8 heavy (non-hydrogen) atoms. The Balaban J connectivity index is 0. The van der Waals surface area contributed by atoms with Gasteiger partial charge in [0.25, 0.3) is 0 Å². The first-order valence-electron chi connectivity index (χ1n) is 1.89. The van der Waals surface area contributed by atoms with E-state index in [4.69, 9.17) is 0 Å². The summed E-state index contributed by atoms with van der Waals surface area (Å²) in [7, 11) is 0. The van der Waals surface area contributed by atoms with E-state index in [1.54, 1.807) is 0 Å². The van der Waals surface area contributed by atoms with Crippen LogP contribution < -0.4 is 34.0 Å². The molecule has 0 fully saturated rings. The molecule has 0 aliphatic heterocycles. The van der Waals surface area contributed by atoms with Gasteiger partial charge in [0.05, 0.1) is 0 Å². The molecule has 0 bridgehead atoms. The number of rotatable bonds is 0. The average Bonchev–Trinajstić information content (AvgIpc) is 1.86. The topological polar surface area (TPSA) is 0 Å². The van der Waals surface area contributed by atoms with Gasteiger partial charge >= 0.3 is 47.4 Å². The Morgan fingerprint density at radius 2 is 2.00 bits per heavy atom. The zero-order valence-corrected chi connectivity index (χ0v) is 9.76. The van der Waals surface area contributed by atoms with Crippen LogP contribution in [0.25, 0.3) is 0 Å². The molecule has 1 aliphatic carbocycles. The zero-order chi connectivity index (χ0) is 4.41. The summed E-state index contributed by atoms with van der Waals surface area (Å²) >= 11 is 1.96. The van der Waals surface area contributed by atoms with E-state index in [9.17, 15) is 0 Å². The van der Waals surface area contributed by atoms with Crippen molar-refractivity contribution in [3.8, 4) is 0 Å². The number of allylic oxidation sites excluding steroid dienone is 4. The van der Waals surface area contributed by atoms with Crippen molar-refractivity contribution in [3.63, 3.8) is 0 Å². The molecule has 0 aromatic carbocycles.